The van der Waals surface area contributed by atoms with Crippen LogP contribution in [-0.2, 0) is 15.8 Å². The number of aromatic nitrogens is 2. The van der Waals surface area contributed by atoms with Gasteiger partial charge in [0.2, 0.25) is 10.0 Å². The van der Waals surface area contributed by atoms with E-state index in [9.17, 15) is 8.42 Å². The highest BCUT2D eigenvalue weighted by atomic mass is 32.2. The maximum Gasteiger partial charge on any atom is 0.218 e. The monoisotopic (exact) mass is 319 g/mol. The lowest BCUT2D eigenvalue weighted by Gasteiger charge is -2.30. The van der Waals surface area contributed by atoms with Crippen molar-refractivity contribution in [3.63, 3.8) is 0 Å². The molecule has 22 heavy (non-hydrogen) atoms. The minimum atomic E-state index is -3.24. The molecule has 0 atom stereocenters. The molecule has 5 nitrogen and oxygen atoms in total. The summed E-state index contributed by atoms with van der Waals surface area (Å²) in [6.07, 6.45) is 5.20. The zero-order chi connectivity index (χ0) is 15.6. The van der Waals surface area contributed by atoms with Gasteiger partial charge in [0.05, 0.1) is 5.75 Å². The average Bonchev–Trinajstić information content (AvgIpc) is 3.01. The Balaban J connectivity index is 1.64. The van der Waals surface area contributed by atoms with E-state index in [0.29, 0.717) is 19.0 Å². The topological polar surface area (TPSA) is 66.1 Å². The van der Waals surface area contributed by atoms with Gasteiger partial charge in [0.25, 0.3) is 0 Å². The van der Waals surface area contributed by atoms with Crippen molar-refractivity contribution in [2.45, 2.75) is 31.4 Å². The predicted molar refractivity (Wildman–Crippen MR) is 85.9 cm³/mol. The second-order valence-corrected chi connectivity index (χ2v) is 7.86. The second-order valence-electron chi connectivity index (χ2n) is 5.89. The van der Waals surface area contributed by atoms with Gasteiger partial charge in [-0.25, -0.2) is 17.7 Å². The lowest BCUT2D eigenvalue weighted by Crippen LogP contribution is -2.38. The van der Waals surface area contributed by atoms with E-state index in [1.54, 1.807) is 10.5 Å². The summed E-state index contributed by atoms with van der Waals surface area (Å²) in [6.45, 7) is 3.12. The van der Waals surface area contributed by atoms with Crippen molar-refractivity contribution in [3.05, 3.63) is 53.6 Å². The number of aryl methyl sites for hydroxylation is 1. The quantitative estimate of drug-likeness (QED) is 0.941. The number of imidazole rings is 1. The van der Waals surface area contributed by atoms with E-state index in [1.807, 2.05) is 37.4 Å². The lowest BCUT2D eigenvalue weighted by molar-refractivity contribution is 0.314. The number of nitrogens with zero attached hydrogens (tertiary/aromatic N) is 2. The van der Waals surface area contributed by atoms with Crippen molar-refractivity contribution < 1.29 is 8.42 Å². The van der Waals surface area contributed by atoms with E-state index in [4.69, 9.17) is 0 Å². The molecule has 3 rings (SSSR count). The molecule has 1 saturated heterocycles. The normalized spacial score (nSPS) is 17.7. The van der Waals surface area contributed by atoms with Crippen molar-refractivity contribution in [3.8, 4) is 0 Å². The smallest absolute Gasteiger partial charge is 0.218 e. The number of H-pyrrole nitrogens is 1. The van der Waals surface area contributed by atoms with E-state index >= 15 is 0 Å². The van der Waals surface area contributed by atoms with Crippen LogP contribution in [-0.4, -0.2) is 35.8 Å². The molecule has 2 aromatic rings. The molecule has 0 aliphatic carbocycles. The maximum atomic E-state index is 12.6. The van der Waals surface area contributed by atoms with Crippen LogP contribution in [0.3, 0.4) is 0 Å². The molecule has 1 aromatic heterocycles. The Morgan fingerprint density at radius 1 is 1.32 bits per heavy atom. The Kier molecular flexibility index (Phi) is 4.31. The first-order valence-corrected chi connectivity index (χ1v) is 9.18. The molecule has 2 heterocycles. The molecule has 118 valence electrons. The van der Waals surface area contributed by atoms with Gasteiger partial charge in [-0.3, -0.25) is 0 Å². The van der Waals surface area contributed by atoms with Gasteiger partial charge in [0.15, 0.2) is 0 Å². The fourth-order valence-corrected chi connectivity index (χ4v) is 4.56. The maximum absolute atomic E-state index is 12.6. The molecule has 6 heteroatoms. The number of piperidine rings is 1. The van der Waals surface area contributed by atoms with E-state index in [1.165, 1.54) is 0 Å². The molecule has 1 aromatic carbocycles. The Morgan fingerprint density at radius 2 is 2.09 bits per heavy atom. The van der Waals surface area contributed by atoms with Crippen LogP contribution >= 0.6 is 0 Å². The minimum absolute atomic E-state index is 0.0834. The SMILES string of the molecule is Cc1cccc(CS(=O)(=O)N2CCC(c3ncc[nH]3)CC2)c1. The minimum Gasteiger partial charge on any atom is -0.348 e. The summed E-state index contributed by atoms with van der Waals surface area (Å²) >= 11 is 0. The number of aromatic amines is 1. The van der Waals surface area contributed by atoms with E-state index < -0.39 is 10.0 Å². The van der Waals surface area contributed by atoms with Crippen LogP contribution < -0.4 is 0 Å². The number of benzene rings is 1. The van der Waals surface area contributed by atoms with E-state index in [0.717, 1.165) is 29.8 Å². The fourth-order valence-electron chi connectivity index (χ4n) is 3.01. The summed E-state index contributed by atoms with van der Waals surface area (Å²) in [4.78, 5) is 7.41. The molecular weight excluding hydrogens is 298 g/mol. The van der Waals surface area contributed by atoms with Crippen LogP contribution in [0.25, 0.3) is 0 Å². The zero-order valence-electron chi connectivity index (χ0n) is 12.7. The molecule has 0 spiro atoms. The summed E-state index contributed by atoms with van der Waals surface area (Å²) in [7, 11) is -3.24. The predicted octanol–water partition coefficient (Wildman–Crippen LogP) is 2.43. The highest BCUT2D eigenvalue weighted by Gasteiger charge is 2.29. The van der Waals surface area contributed by atoms with Gasteiger partial charge in [0.1, 0.15) is 5.82 Å². The van der Waals surface area contributed by atoms with Crippen molar-refractivity contribution in [1.29, 1.82) is 0 Å². The van der Waals surface area contributed by atoms with Gasteiger partial charge in [0, 0.05) is 31.4 Å². The van der Waals surface area contributed by atoms with Crippen LogP contribution in [0.4, 0.5) is 0 Å². The van der Waals surface area contributed by atoms with Gasteiger partial charge >= 0.3 is 0 Å². The largest absolute Gasteiger partial charge is 0.348 e. The number of nitrogens with one attached hydrogen (secondary N) is 1. The Morgan fingerprint density at radius 3 is 2.73 bits per heavy atom. The summed E-state index contributed by atoms with van der Waals surface area (Å²) in [5, 5.41) is 0. The molecule has 1 aliphatic rings. The van der Waals surface area contributed by atoms with E-state index in [2.05, 4.69) is 9.97 Å². The van der Waals surface area contributed by atoms with Gasteiger partial charge in [-0.1, -0.05) is 29.8 Å². The first-order valence-electron chi connectivity index (χ1n) is 7.57. The Hall–Kier alpha value is -1.66. The molecule has 0 unspecified atom stereocenters. The van der Waals surface area contributed by atoms with Crippen LogP contribution in [0.2, 0.25) is 0 Å². The summed E-state index contributed by atoms with van der Waals surface area (Å²) in [5.41, 5.74) is 1.94. The van der Waals surface area contributed by atoms with Crippen LogP contribution in [0.1, 0.15) is 35.7 Å². The van der Waals surface area contributed by atoms with Gasteiger partial charge in [-0.15, -0.1) is 0 Å². The number of hydrogen-bond donors (Lipinski definition) is 1. The summed E-state index contributed by atoms with van der Waals surface area (Å²) in [5.74, 6) is 1.39. The molecule has 0 radical (unpaired) electrons. The fraction of sp³-hybridized carbons (Fsp3) is 0.438. The molecule has 1 fully saturated rings. The second kappa shape index (κ2) is 6.22. The van der Waals surface area contributed by atoms with Gasteiger partial charge in [-0.05, 0) is 25.3 Å². The van der Waals surface area contributed by atoms with Crippen molar-refractivity contribution >= 4 is 10.0 Å². The van der Waals surface area contributed by atoms with Crippen LogP contribution in [0, 0.1) is 6.92 Å². The van der Waals surface area contributed by atoms with Gasteiger partial charge < -0.3 is 4.98 Å². The highest BCUT2D eigenvalue weighted by molar-refractivity contribution is 7.88. The number of hydrogen-bond acceptors (Lipinski definition) is 3. The number of sulfonamides is 1. The van der Waals surface area contributed by atoms with Crippen LogP contribution in [0.15, 0.2) is 36.7 Å². The Labute approximate surface area is 131 Å². The first-order chi connectivity index (χ1) is 10.5. The van der Waals surface area contributed by atoms with Crippen LogP contribution in [0.5, 0.6) is 0 Å². The van der Waals surface area contributed by atoms with Crippen molar-refractivity contribution in [2.24, 2.45) is 0 Å². The molecular formula is C16H21N3O2S. The van der Waals surface area contributed by atoms with Crippen molar-refractivity contribution in [2.75, 3.05) is 13.1 Å². The zero-order valence-corrected chi connectivity index (χ0v) is 13.5. The highest BCUT2D eigenvalue weighted by Crippen LogP contribution is 2.27. The number of rotatable bonds is 4. The molecule has 0 saturated carbocycles. The average molecular weight is 319 g/mol. The third kappa shape index (κ3) is 3.39. The third-order valence-corrected chi connectivity index (χ3v) is 6.04. The Bertz CT molecular complexity index is 718. The summed E-state index contributed by atoms with van der Waals surface area (Å²) in [6, 6.07) is 7.70. The lowest BCUT2D eigenvalue weighted by atomic mass is 9.98. The molecule has 1 N–H and O–H groups in total. The van der Waals surface area contributed by atoms with E-state index in [-0.39, 0.29) is 5.75 Å². The standard InChI is InChI=1S/C16H21N3O2S/c1-13-3-2-4-14(11-13)12-22(20,21)19-9-5-15(6-10-19)16-17-7-8-18-16/h2-4,7-8,11,15H,5-6,9-10,12H2,1H3,(H,17,18). The van der Waals surface area contributed by atoms with Crippen molar-refractivity contribution in [1.82, 2.24) is 14.3 Å². The summed E-state index contributed by atoms with van der Waals surface area (Å²) < 4.78 is 26.7. The molecule has 0 amide bonds. The molecule has 0 bridgehead atoms. The molecule has 1 aliphatic heterocycles. The first kappa shape index (κ1) is 15.2. The van der Waals surface area contributed by atoms with Gasteiger partial charge in [-0.2, -0.15) is 0 Å². The third-order valence-electron chi connectivity index (χ3n) is 4.18.